The molecule has 0 atom stereocenters. The van der Waals surface area contributed by atoms with E-state index in [1.807, 2.05) is 13.8 Å². The fourth-order valence-corrected chi connectivity index (χ4v) is 3.39. The fourth-order valence-electron chi connectivity index (χ4n) is 3.39. The van der Waals surface area contributed by atoms with Gasteiger partial charge in [0.05, 0.1) is 17.5 Å². The Hall–Kier alpha value is -3.49. The topological polar surface area (TPSA) is 86.3 Å². The van der Waals surface area contributed by atoms with Crippen molar-refractivity contribution in [1.29, 1.82) is 0 Å². The lowest BCUT2D eigenvalue weighted by Crippen LogP contribution is -2.37. The largest absolute Gasteiger partial charge is 0.361 e. The molecular formula is C20H21FN5O3+. The van der Waals surface area contributed by atoms with Crippen LogP contribution in [0.5, 0.6) is 0 Å². The number of hydrogen-bond acceptors (Lipinski definition) is 4. The van der Waals surface area contributed by atoms with Crippen LogP contribution in [-0.4, -0.2) is 40.2 Å². The molecule has 9 heteroatoms. The first-order valence-electron chi connectivity index (χ1n) is 9.28. The van der Waals surface area contributed by atoms with Crippen molar-refractivity contribution in [3.8, 4) is 0 Å². The Morgan fingerprint density at radius 1 is 1.24 bits per heavy atom. The van der Waals surface area contributed by atoms with Crippen molar-refractivity contribution in [3.63, 3.8) is 0 Å². The molecule has 2 aromatic heterocycles. The van der Waals surface area contributed by atoms with E-state index in [-0.39, 0.29) is 24.3 Å². The van der Waals surface area contributed by atoms with Gasteiger partial charge < -0.3 is 9.42 Å². The first-order chi connectivity index (χ1) is 13.9. The van der Waals surface area contributed by atoms with E-state index in [1.54, 1.807) is 29.2 Å². The van der Waals surface area contributed by atoms with Crippen LogP contribution in [0.2, 0.25) is 0 Å². The highest BCUT2D eigenvalue weighted by atomic mass is 19.1. The molecule has 1 N–H and O–H groups in total. The SMILES string of the molecule is Cc1noc(C)c1C[n+]1cc(N2C(=O)CN(CCc3ccc(F)cc3)C2=O)c[nH]1. The Morgan fingerprint density at radius 2 is 2.00 bits per heavy atom. The maximum atomic E-state index is 13.0. The zero-order valence-corrected chi connectivity index (χ0v) is 16.2. The molecule has 1 fully saturated rings. The molecule has 1 aromatic carbocycles. The fraction of sp³-hybridized carbons (Fsp3) is 0.300. The van der Waals surface area contributed by atoms with Gasteiger partial charge in [-0.25, -0.2) is 14.1 Å². The third kappa shape index (κ3) is 3.75. The lowest BCUT2D eigenvalue weighted by atomic mass is 10.1. The number of carbonyl (C=O) groups excluding carboxylic acids is 2. The monoisotopic (exact) mass is 398 g/mol. The summed E-state index contributed by atoms with van der Waals surface area (Å²) in [7, 11) is 0. The van der Waals surface area contributed by atoms with Gasteiger partial charge in [0.25, 0.3) is 5.91 Å². The average molecular weight is 398 g/mol. The van der Waals surface area contributed by atoms with E-state index in [9.17, 15) is 14.0 Å². The van der Waals surface area contributed by atoms with Gasteiger partial charge in [0.2, 0.25) is 12.7 Å². The molecule has 0 radical (unpaired) electrons. The minimum atomic E-state index is -0.361. The first kappa shape index (κ1) is 18.9. The van der Waals surface area contributed by atoms with Crippen LogP contribution < -0.4 is 9.58 Å². The normalized spacial score (nSPS) is 14.3. The molecule has 8 nitrogen and oxygen atoms in total. The number of benzene rings is 1. The number of nitrogens with one attached hydrogen (secondary N) is 1. The van der Waals surface area contributed by atoms with E-state index in [1.165, 1.54) is 21.9 Å². The summed E-state index contributed by atoms with van der Waals surface area (Å²) in [5.74, 6) is 0.147. The number of aromatic nitrogens is 3. The highest BCUT2D eigenvalue weighted by molar-refractivity contribution is 6.19. The zero-order valence-electron chi connectivity index (χ0n) is 16.2. The number of nitrogens with zero attached hydrogens (tertiary/aromatic N) is 4. The second-order valence-electron chi connectivity index (χ2n) is 7.07. The molecule has 1 aliphatic rings. The average Bonchev–Trinajstić information content (AvgIpc) is 3.36. The van der Waals surface area contributed by atoms with E-state index in [0.717, 1.165) is 22.6 Å². The second-order valence-corrected chi connectivity index (χ2v) is 7.07. The summed E-state index contributed by atoms with van der Waals surface area (Å²) in [6, 6.07) is 5.77. The molecule has 29 heavy (non-hydrogen) atoms. The zero-order chi connectivity index (χ0) is 20.5. The predicted molar refractivity (Wildman–Crippen MR) is 101 cm³/mol. The van der Waals surface area contributed by atoms with E-state index in [4.69, 9.17) is 4.52 Å². The minimum Gasteiger partial charge on any atom is -0.361 e. The van der Waals surface area contributed by atoms with Crippen molar-refractivity contribution in [1.82, 2.24) is 15.2 Å². The molecule has 0 aliphatic carbocycles. The standard InChI is InChI=1S/C20H20FN5O3/c1-13-18(14(2)29-23-13)11-25-10-17(9-22-25)26-19(27)12-24(20(26)28)8-7-15-3-5-16(21)6-4-15/h3-6,9-10H,7-8,11-12H2,1-2H3/p+1. The lowest BCUT2D eigenvalue weighted by molar-refractivity contribution is -0.742. The van der Waals surface area contributed by atoms with Gasteiger partial charge in [-0.15, -0.1) is 4.68 Å². The Bertz CT molecular complexity index is 1040. The third-order valence-corrected chi connectivity index (χ3v) is 5.06. The quantitative estimate of drug-likeness (QED) is 0.509. The number of carbonyl (C=O) groups is 2. The molecule has 0 spiro atoms. The lowest BCUT2D eigenvalue weighted by Gasteiger charge is -2.15. The van der Waals surface area contributed by atoms with E-state index in [2.05, 4.69) is 10.3 Å². The Morgan fingerprint density at radius 3 is 2.69 bits per heavy atom. The van der Waals surface area contributed by atoms with Crippen LogP contribution in [0.1, 0.15) is 22.6 Å². The van der Waals surface area contributed by atoms with E-state index < -0.39 is 0 Å². The van der Waals surface area contributed by atoms with Crippen LogP contribution in [-0.2, 0) is 17.8 Å². The number of rotatable bonds is 6. The van der Waals surface area contributed by atoms with Crippen molar-refractivity contribution < 1.29 is 23.2 Å². The van der Waals surface area contributed by atoms with Crippen molar-refractivity contribution in [2.45, 2.75) is 26.8 Å². The Labute approximate surface area is 166 Å². The van der Waals surface area contributed by atoms with Crippen LogP contribution in [0.4, 0.5) is 14.9 Å². The Balaban J connectivity index is 1.43. The molecule has 0 bridgehead atoms. The summed E-state index contributed by atoms with van der Waals surface area (Å²) in [5.41, 5.74) is 3.13. The third-order valence-electron chi connectivity index (χ3n) is 5.06. The first-order valence-corrected chi connectivity index (χ1v) is 9.28. The van der Waals surface area contributed by atoms with E-state index in [0.29, 0.717) is 25.2 Å². The van der Waals surface area contributed by atoms with Crippen LogP contribution in [0.15, 0.2) is 41.2 Å². The summed E-state index contributed by atoms with van der Waals surface area (Å²) in [5, 5.41) is 6.97. The number of amides is 3. The molecule has 1 saturated heterocycles. The van der Waals surface area contributed by atoms with Gasteiger partial charge in [-0.1, -0.05) is 17.3 Å². The van der Waals surface area contributed by atoms with Crippen molar-refractivity contribution in [2.24, 2.45) is 0 Å². The van der Waals surface area contributed by atoms with Crippen LogP contribution in [0.3, 0.4) is 0 Å². The number of aryl methyl sites for hydroxylation is 2. The predicted octanol–water partition coefficient (Wildman–Crippen LogP) is 2.11. The van der Waals surface area contributed by atoms with Gasteiger partial charge in [0.15, 0.2) is 0 Å². The summed E-state index contributed by atoms with van der Waals surface area (Å²) in [6.45, 7) is 4.60. The van der Waals surface area contributed by atoms with Crippen LogP contribution >= 0.6 is 0 Å². The molecule has 150 valence electrons. The number of halogens is 1. The van der Waals surface area contributed by atoms with Crippen LogP contribution in [0, 0.1) is 19.7 Å². The number of aromatic amines is 1. The van der Waals surface area contributed by atoms with Crippen LogP contribution in [0.25, 0.3) is 0 Å². The van der Waals surface area contributed by atoms with Crippen molar-refractivity contribution in [3.05, 3.63) is 65.1 Å². The molecule has 4 rings (SSSR count). The summed E-state index contributed by atoms with van der Waals surface area (Å²) >= 11 is 0. The molecular weight excluding hydrogens is 377 g/mol. The number of anilines is 1. The molecule has 0 unspecified atom stereocenters. The molecule has 3 heterocycles. The number of urea groups is 1. The number of imide groups is 1. The molecule has 3 amide bonds. The van der Waals surface area contributed by atoms with E-state index >= 15 is 0 Å². The summed E-state index contributed by atoms with van der Waals surface area (Å²) in [4.78, 5) is 27.9. The van der Waals surface area contributed by atoms with Gasteiger partial charge in [-0.3, -0.25) is 4.79 Å². The van der Waals surface area contributed by atoms with Gasteiger partial charge in [-0.2, -0.15) is 5.10 Å². The number of H-pyrrole nitrogens is 1. The summed E-state index contributed by atoms with van der Waals surface area (Å²) < 4.78 is 20.0. The minimum absolute atomic E-state index is 0.0229. The maximum Gasteiger partial charge on any atom is 0.332 e. The summed E-state index contributed by atoms with van der Waals surface area (Å²) in [6.07, 6.45) is 3.88. The smallest absolute Gasteiger partial charge is 0.332 e. The highest BCUT2D eigenvalue weighted by Crippen LogP contribution is 2.20. The second kappa shape index (κ2) is 7.50. The van der Waals surface area contributed by atoms with Gasteiger partial charge in [0, 0.05) is 6.54 Å². The highest BCUT2D eigenvalue weighted by Gasteiger charge is 2.38. The molecule has 1 aliphatic heterocycles. The number of hydrogen-bond donors (Lipinski definition) is 1. The molecule has 0 saturated carbocycles. The van der Waals surface area contributed by atoms with Gasteiger partial charge in [0.1, 0.15) is 23.8 Å². The maximum absolute atomic E-state index is 13.0. The van der Waals surface area contributed by atoms with Crippen molar-refractivity contribution >= 4 is 17.6 Å². The van der Waals surface area contributed by atoms with Gasteiger partial charge >= 0.3 is 6.03 Å². The Kier molecular flexibility index (Phi) is 4.87. The van der Waals surface area contributed by atoms with Gasteiger partial charge in [-0.05, 0) is 38.0 Å². The van der Waals surface area contributed by atoms with Crippen molar-refractivity contribution in [2.75, 3.05) is 18.0 Å². The molecule has 3 aromatic rings.